The number of rotatable bonds is 8. The molecular weight excluding hydrogens is 454 g/mol. The molecule has 0 aliphatic carbocycles. The number of aromatic nitrogens is 3. The minimum absolute atomic E-state index is 0.0222. The first-order chi connectivity index (χ1) is 16.5. The van der Waals surface area contributed by atoms with Crippen LogP contribution in [0.4, 0.5) is 0 Å². The number of hydrogen-bond donors (Lipinski definition) is 0. The lowest BCUT2D eigenvalue weighted by Gasteiger charge is -2.34. The average molecular weight is 484 g/mol. The average Bonchev–Trinajstić information content (AvgIpc) is 3.53. The Labute approximate surface area is 203 Å². The second-order valence-corrected chi connectivity index (χ2v) is 9.01. The van der Waals surface area contributed by atoms with Crippen molar-refractivity contribution in [3.05, 3.63) is 59.3 Å². The summed E-state index contributed by atoms with van der Waals surface area (Å²) in [6.45, 7) is 9.08. The van der Waals surface area contributed by atoms with Crippen molar-refractivity contribution in [2.75, 3.05) is 31.9 Å². The maximum atomic E-state index is 12.8. The number of benzene rings is 1. The van der Waals surface area contributed by atoms with E-state index in [2.05, 4.69) is 23.2 Å². The number of thioether (sulfide) groups is 1. The zero-order valence-corrected chi connectivity index (χ0v) is 20.5. The molecule has 0 unspecified atom stereocenters. The highest BCUT2D eigenvalue weighted by molar-refractivity contribution is 7.99. The fourth-order valence-corrected chi connectivity index (χ4v) is 4.73. The van der Waals surface area contributed by atoms with E-state index in [1.54, 1.807) is 21.9 Å². The molecular formula is C24H29N5O4S. The molecule has 1 aliphatic heterocycles. The summed E-state index contributed by atoms with van der Waals surface area (Å²) in [4.78, 5) is 28.7. The molecule has 2 aromatic heterocycles. The van der Waals surface area contributed by atoms with Crippen LogP contribution < -0.4 is 4.74 Å². The van der Waals surface area contributed by atoms with Crippen LogP contribution in [0.15, 0.2) is 46.2 Å². The van der Waals surface area contributed by atoms with Gasteiger partial charge in [-0.2, -0.15) is 0 Å². The summed E-state index contributed by atoms with van der Waals surface area (Å²) in [7, 11) is 0. The van der Waals surface area contributed by atoms with Crippen LogP contribution in [0.25, 0.3) is 0 Å². The lowest BCUT2D eigenvalue weighted by molar-refractivity contribution is -0.129. The molecule has 0 radical (unpaired) electrons. The van der Waals surface area contributed by atoms with Gasteiger partial charge in [-0.1, -0.05) is 23.9 Å². The Kier molecular flexibility index (Phi) is 7.56. The van der Waals surface area contributed by atoms with Crippen LogP contribution in [0.2, 0.25) is 0 Å². The van der Waals surface area contributed by atoms with Crippen molar-refractivity contribution in [3.63, 3.8) is 0 Å². The molecule has 1 saturated heterocycles. The van der Waals surface area contributed by atoms with Gasteiger partial charge in [0.25, 0.3) is 5.91 Å². The molecule has 0 spiro atoms. The third-order valence-electron chi connectivity index (χ3n) is 6.00. The van der Waals surface area contributed by atoms with E-state index in [1.807, 2.05) is 30.5 Å². The molecule has 3 heterocycles. The van der Waals surface area contributed by atoms with E-state index in [4.69, 9.17) is 9.15 Å². The van der Waals surface area contributed by atoms with Crippen LogP contribution in [-0.4, -0.2) is 68.3 Å². The number of hydrogen-bond acceptors (Lipinski definition) is 7. The maximum Gasteiger partial charge on any atom is 0.289 e. The molecule has 3 aromatic rings. The Morgan fingerprint density at radius 3 is 2.53 bits per heavy atom. The Morgan fingerprint density at radius 1 is 1.06 bits per heavy atom. The van der Waals surface area contributed by atoms with Gasteiger partial charge in [0.2, 0.25) is 5.91 Å². The van der Waals surface area contributed by atoms with Gasteiger partial charge in [0.05, 0.1) is 12.0 Å². The standard InChI is InChI=1S/C24H29N5O4S/c1-4-29-21(15-33-19-8-5-7-17(2)18(19)3)25-26-24(29)34-16-22(30)27-10-12-28(13-11-27)23(31)20-9-6-14-32-20/h5-9,14H,4,10-13,15-16H2,1-3H3. The Hall–Kier alpha value is -3.27. The summed E-state index contributed by atoms with van der Waals surface area (Å²) >= 11 is 1.37. The predicted octanol–water partition coefficient (Wildman–Crippen LogP) is 3.16. The normalized spacial score (nSPS) is 13.9. The molecule has 1 aromatic carbocycles. The summed E-state index contributed by atoms with van der Waals surface area (Å²) in [5.74, 6) is 2.03. The number of ether oxygens (including phenoxy) is 1. The van der Waals surface area contributed by atoms with Crippen molar-refractivity contribution in [2.45, 2.75) is 39.1 Å². The van der Waals surface area contributed by atoms with Crippen molar-refractivity contribution in [2.24, 2.45) is 0 Å². The van der Waals surface area contributed by atoms with E-state index < -0.39 is 0 Å². The number of piperazine rings is 1. The highest BCUT2D eigenvalue weighted by Crippen LogP contribution is 2.23. The van der Waals surface area contributed by atoms with Crippen molar-refractivity contribution >= 4 is 23.6 Å². The van der Waals surface area contributed by atoms with Crippen LogP contribution in [0, 0.1) is 13.8 Å². The fourth-order valence-electron chi connectivity index (χ4n) is 3.81. The van der Waals surface area contributed by atoms with Crippen molar-refractivity contribution in [3.8, 4) is 5.75 Å². The first-order valence-electron chi connectivity index (χ1n) is 11.3. The molecule has 0 atom stereocenters. The maximum absolute atomic E-state index is 12.8. The van der Waals surface area contributed by atoms with E-state index in [0.29, 0.717) is 50.2 Å². The zero-order chi connectivity index (χ0) is 24.1. The van der Waals surface area contributed by atoms with Crippen molar-refractivity contribution < 1.29 is 18.7 Å². The smallest absolute Gasteiger partial charge is 0.289 e. The van der Waals surface area contributed by atoms with Crippen molar-refractivity contribution in [1.29, 1.82) is 0 Å². The van der Waals surface area contributed by atoms with E-state index in [1.165, 1.54) is 23.6 Å². The molecule has 4 rings (SSSR count). The van der Waals surface area contributed by atoms with E-state index in [9.17, 15) is 9.59 Å². The van der Waals surface area contributed by atoms with Gasteiger partial charge < -0.3 is 23.5 Å². The van der Waals surface area contributed by atoms with Crippen LogP contribution in [0.1, 0.15) is 34.4 Å². The summed E-state index contributed by atoms with van der Waals surface area (Å²) in [5, 5.41) is 9.27. The van der Waals surface area contributed by atoms with E-state index >= 15 is 0 Å². The van der Waals surface area contributed by atoms with Crippen LogP contribution in [0.3, 0.4) is 0 Å². The van der Waals surface area contributed by atoms with Gasteiger partial charge in [0.15, 0.2) is 16.7 Å². The van der Waals surface area contributed by atoms with Gasteiger partial charge in [0, 0.05) is 32.7 Å². The lowest BCUT2D eigenvalue weighted by atomic mass is 10.1. The van der Waals surface area contributed by atoms with E-state index in [0.717, 1.165) is 17.1 Å². The highest BCUT2D eigenvalue weighted by Gasteiger charge is 2.26. The summed E-state index contributed by atoms with van der Waals surface area (Å²) in [6.07, 6.45) is 1.49. The Bertz CT molecular complexity index is 1140. The number of aryl methyl sites for hydroxylation is 1. The SMILES string of the molecule is CCn1c(COc2cccc(C)c2C)nnc1SCC(=O)N1CCN(C(=O)c2ccco2)CC1. The number of amides is 2. The third-order valence-corrected chi connectivity index (χ3v) is 6.95. The summed E-state index contributed by atoms with van der Waals surface area (Å²) in [5.41, 5.74) is 2.28. The molecule has 10 heteroatoms. The largest absolute Gasteiger partial charge is 0.485 e. The van der Waals surface area contributed by atoms with Gasteiger partial charge in [-0.25, -0.2) is 0 Å². The molecule has 9 nitrogen and oxygen atoms in total. The molecule has 34 heavy (non-hydrogen) atoms. The number of carbonyl (C=O) groups is 2. The minimum atomic E-state index is -0.141. The molecule has 180 valence electrons. The van der Waals surface area contributed by atoms with Crippen molar-refractivity contribution in [1.82, 2.24) is 24.6 Å². The van der Waals surface area contributed by atoms with Gasteiger partial charge in [-0.05, 0) is 50.1 Å². The summed E-state index contributed by atoms with van der Waals surface area (Å²) in [6, 6.07) is 9.33. The van der Waals surface area contributed by atoms with Gasteiger partial charge in [-0.3, -0.25) is 9.59 Å². The van der Waals surface area contributed by atoms with Gasteiger partial charge in [0.1, 0.15) is 12.4 Å². The molecule has 0 bridgehead atoms. The second-order valence-electron chi connectivity index (χ2n) is 8.07. The van der Waals surface area contributed by atoms with Gasteiger partial charge >= 0.3 is 0 Å². The first-order valence-corrected chi connectivity index (χ1v) is 12.3. The minimum Gasteiger partial charge on any atom is -0.485 e. The number of nitrogens with zero attached hydrogens (tertiary/aromatic N) is 5. The number of furan rings is 1. The van der Waals surface area contributed by atoms with E-state index in [-0.39, 0.29) is 17.6 Å². The number of carbonyl (C=O) groups excluding carboxylic acids is 2. The van der Waals surface area contributed by atoms with Crippen LogP contribution >= 0.6 is 11.8 Å². The summed E-state index contributed by atoms with van der Waals surface area (Å²) < 4.78 is 13.2. The Morgan fingerprint density at radius 2 is 1.82 bits per heavy atom. The van der Waals surface area contributed by atoms with Crippen LogP contribution in [-0.2, 0) is 17.9 Å². The quantitative estimate of drug-likeness (QED) is 0.454. The monoisotopic (exact) mass is 483 g/mol. The molecule has 1 fully saturated rings. The molecule has 0 saturated carbocycles. The fraction of sp³-hybridized carbons (Fsp3) is 0.417. The second kappa shape index (κ2) is 10.8. The topological polar surface area (TPSA) is 93.7 Å². The molecule has 0 N–H and O–H groups in total. The first kappa shape index (κ1) is 23.9. The Balaban J connectivity index is 1.29. The van der Waals surface area contributed by atoms with Gasteiger partial charge in [-0.15, -0.1) is 10.2 Å². The zero-order valence-electron chi connectivity index (χ0n) is 19.7. The molecule has 2 amide bonds. The lowest BCUT2D eigenvalue weighted by Crippen LogP contribution is -2.51. The highest BCUT2D eigenvalue weighted by atomic mass is 32.2. The molecule has 1 aliphatic rings. The third kappa shape index (κ3) is 5.27. The van der Waals surface area contributed by atoms with Crippen LogP contribution in [0.5, 0.6) is 5.75 Å². The predicted molar refractivity (Wildman–Crippen MR) is 128 cm³/mol.